The smallest absolute Gasteiger partial charge is 0.207 e. The fourth-order valence-electron chi connectivity index (χ4n) is 0.816. The van der Waals surface area contributed by atoms with Gasteiger partial charge < -0.3 is 0 Å². The number of halogens is 2. The van der Waals surface area contributed by atoms with Crippen LogP contribution in [0, 0.1) is 17.1 Å². The number of nitriles is 1. The molecule has 1 aromatic carbocycles. The van der Waals surface area contributed by atoms with Gasteiger partial charge in [-0.25, -0.2) is 12.8 Å². The third-order valence-electron chi connectivity index (χ3n) is 1.35. The summed E-state index contributed by atoms with van der Waals surface area (Å²) in [6.07, 6.45) is 0. The van der Waals surface area contributed by atoms with Crippen molar-refractivity contribution in [3.05, 3.63) is 29.6 Å². The van der Waals surface area contributed by atoms with Gasteiger partial charge in [0, 0.05) is 10.7 Å². The van der Waals surface area contributed by atoms with Crippen LogP contribution in [0.15, 0.2) is 23.1 Å². The normalized spacial score (nSPS) is 10.8. The highest BCUT2D eigenvalue weighted by molar-refractivity contribution is 8.13. The molecule has 0 unspecified atom stereocenters. The standard InChI is InChI=1S/C7H3ClFNO2S/c8-13(11,12)7-3-1-2-6(9)5(7)4-10/h1-3H. The molecule has 0 radical (unpaired) electrons. The highest BCUT2D eigenvalue weighted by atomic mass is 35.7. The molecule has 0 bridgehead atoms. The van der Waals surface area contributed by atoms with E-state index in [9.17, 15) is 12.8 Å². The molecule has 0 aliphatic rings. The predicted molar refractivity (Wildman–Crippen MR) is 44.2 cm³/mol. The SMILES string of the molecule is N#Cc1c(F)cccc1S(=O)(=O)Cl. The topological polar surface area (TPSA) is 57.9 Å². The second kappa shape index (κ2) is 3.32. The lowest BCUT2D eigenvalue weighted by molar-refractivity contribution is 0.600. The number of hydrogen-bond acceptors (Lipinski definition) is 3. The maximum atomic E-state index is 12.8. The van der Waals surface area contributed by atoms with Gasteiger partial charge in [-0.2, -0.15) is 5.26 Å². The molecule has 0 fully saturated rings. The predicted octanol–water partition coefficient (Wildman–Crippen LogP) is 1.62. The summed E-state index contributed by atoms with van der Waals surface area (Å²) < 4.78 is 34.5. The van der Waals surface area contributed by atoms with Crippen LogP contribution in [-0.4, -0.2) is 8.42 Å². The molecule has 0 atom stereocenters. The molecule has 0 amide bonds. The molecular weight excluding hydrogens is 217 g/mol. The molecular formula is C7H3ClFNO2S. The van der Waals surface area contributed by atoms with Gasteiger partial charge in [-0.15, -0.1) is 0 Å². The molecule has 13 heavy (non-hydrogen) atoms. The summed E-state index contributed by atoms with van der Waals surface area (Å²) in [6.45, 7) is 0. The lowest BCUT2D eigenvalue weighted by atomic mass is 10.2. The first-order chi connectivity index (χ1) is 5.96. The van der Waals surface area contributed by atoms with Crippen molar-refractivity contribution in [2.45, 2.75) is 4.90 Å². The van der Waals surface area contributed by atoms with Crippen LogP contribution in [0.4, 0.5) is 4.39 Å². The highest BCUT2D eigenvalue weighted by Crippen LogP contribution is 2.21. The lowest BCUT2D eigenvalue weighted by Crippen LogP contribution is -1.97. The Balaban J connectivity index is 3.59. The Morgan fingerprint density at radius 2 is 2.08 bits per heavy atom. The molecule has 68 valence electrons. The Morgan fingerprint density at radius 1 is 1.46 bits per heavy atom. The largest absolute Gasteiger partial charge is 0.262 e. The second-order valence-electron chi connectivity index (χ2n) is 2.16. The Hall–Kier alpha value is -1.12. The van der Waals surface area contributed by atoms with Crippen molar-refractivity contribution in [3.8, 4) is 6.07 Å². The monoisotopic (exact) mass is 219 g/mol. The van der Waals surface area contributed by atoms with Crippen molar-refractivity contribution >= 4 is 19.7 Å². The molecule has 0 saturated heterocycles. The first-order valence-electron chi connectivity index (χ1n) is 3.10. The Kier molecular flexibility index (Phi) is 2.55. The van der Waals surface area contributed by atoms with Crippen LogP contribution >= 0.6 is 10.7 Å². The zero-order valence-electron chi connectivity index (χ0n) is 6.16. The number of hydrogen-bond donors (Lipinski definition) is 0. The zero-order valence-corrected chi connectivity index (χ0v) is 7.73. The number of nitrogens with zero attached hydrogens (tertiary/aromatic N) is 1. The van der Waals surface area contributed by atoms with Gasteiger partial charge in [-0.05, 0) is 12.1 Å². The first kappa shape index (κ1) is 9.96. The minimum atomic E-state index is -4.06. The molecule has 0 heterocycles. The molecule has 0 saturated carbocycles. The summed E-state index contributed by atoms with van der Waals surface area (Å²) in [5.41, 5.74) is -0.558. The minimum absolute atomic E-state index is 0.503. The van der Waals surface area contributed by atoms with Crippen LogP contribution in [0.25, 0.3) is 0 Å². The van der Waals surface area contributed by atoms with E-state index in [0.717, 1.165) is 12.1 Å². The summed E-state index contributed by atoms with van der Waals surface area (Å²) in [4.78, 5) is -0.503. The molecule has 6 heteroatoms. The third-order valence-corrected chi connectivity index (χ3v) is 2.71. The Labute approximate surface area is 78.8 Å². The molecule has 0 aromatic heterocycles. The van der Waals surface area contributed by atoms with Gasteiger partial charge in [0.2, 0.25) is 0 Å². The Bertz CT molecular complexity index is 478. The van der Waals surface area contributed by atoms with Gasteiger partial charge in [-0.1, -0.05) is 6.07 Å². The summed E-state index contributed by atoms with van der Waals surface area (Å²) in [5, 5.41) is 8.45. The lowest BCUT2D eigenvalue weighted by Gasteiger charge is -1.98. The molecule has 3 nitrogen and oxygen atoms in total. The molecule has 0 spiro atoms. The van der Waals surface area contributed by atoms with Crippen molar-refractivity contribution in [1.29, 1.82) is 5.26 Å². The van der Waals surface area contributed by atoms with Crippen molar-refractivity contribution in [1.82, 2.24) is 0 Å². The van der Waals surface area contributed by atoms with Gasteiger partial charge >= 0.3 is 0 Å². The van der Waals surface area contributed by atoms with Crippen LogP contribution in [0.5, 0.6) is 0 Å². The van der Waals surface area contributed by atoms with Crippen LogP contribution in [-0.2, 0) is 9.05 Å². The maximum Gasteiger partial charge on any atom is 0.262 e. The van der Waals surface area contributed by atoms with Crippen molar-refractivity contribution in [3.63, 3.8) is 0 Å². The average molecular weight is 220 g/mol. The van der Waals surface area contributed by atoms with E-state index >= 15 is 0 Å². The summed E-state index contributed by atoms with van der Waals surface area (Å²) in [5.74, 6) is -0.899. The van der Waals surface area contributed by atoms with Crippen molar-refractivity contribution in [2.24, 2.45) is 0 Å². The van der Waals surface area contributed by atoms with E-state index in [2.05, 4.69) is 0 Å². The van der Waals surface area contributed by atoms with Gasteiger partial charge in [-0.3, -0.25) is 0 Å². The van der Waals surface area contributed by atoms with Gasteiger partial charge in [0.25, 0.3) is 9.05 Å². The quantitative estimate of drug-likeness (QED) is 0.675. The fourth-order valence-corrected chi connectivity index (χ4v) is 1.83. The summed E-state index contributed by atoms with van der Waals surface area (Å²) >= 11 is 0. The second-order valence-corrected chi connectivity index (χ2v) is 4.70. The van der Waals surface area contributed by atoms with E-state index in [4.69, 9.17) is 15.9 Å². The minimum Gasteiger partial charge on any atom is -0.207 e. The van der Waals surface area contributed by atoms with Crippen LogP contribution < -0.4 is 0 Å². The van der Waals surface area contributed by atoms with Crippen LogP contribution in [0.2, 0.25) is 0 Å². The van der Waals surface area contributed by atoms with Gasteiger partial charge in [0.05, 0.1) is 0 Å². The zero-order chi connectivity index (χ0) is 10.1. The molecule has 1 aromatic rings. The first-order valence-corrected chi connectivity index (χ1v) is 5.41. The van der Waals surface area contributed by atoms with E-state index in [1.165, 1.54) is 12.1 Å². The van der Waals surface area contributed by atoms with Gasteiger partial charge in [0.1, 0.15) is 22.3 Å². The maximum absolute atomic E-state index is 12.8. The van der Waals surface area contributed by atoms with Gasteiger partial charge in [0.15, 0.2) is 0 Å². The van der Waals surface area contributed by atoms with E-state index in [1.54, 1.807) is 0 Å². The third kappa shape index (κ3) is 1.97. The van der Waals surface area contributed by atoms with Crippen LogP contribution in [0.3, 0.4) is 0 Å². The molecule has 0 aliphatic carbocycles. The Morgan fingerprint density at radius 3 is 2.46 bits per heavy atom. The van der Waals surface area contributed by atoms with E-state index in [1.807, 2.05) is 0 Å². The summed E-state index contributed by atoms with van der Waals surface area (Å²) in [6, 6.07) is 4.67. The number of rotatable bonds is 1. The van der Waals surface area contributed by atoms with E-state index in [0.29, 0.717) is 0 Å². The number of benzene rings is 1. The molecule has 1 rings (SSSR count). The van der Waals surface area contributed by atoms with E-state index < -0.39 is 25.3 Å². The van der Waals surface area contributed by atoms with E-state index in [-0.39, 0.29) is 0 Å². The highest BCUT2D eigenvalue weighted by Gasteiger charge is 2.18. The summed E-state index contributed by atoms with van der Waals surface area (Å²) in [7, 11) is 0.911. The molecule has 0 aliphatic heterocycles. The average Bonchev–Trinajstić information content (AvgIpc) is 2.02. The van der Waals surface area contributed by atoms with Crippen molar-refractivity contribution in [2.75, 3.05) is 0 Å². The van der Waals surface area contributed by atoms with Crippen LogP contribution in [0.1, 0.15) is 5.56 Å². The fraction of sp³-hybridized carbons (Fsp3) is 0. The van der Waals surface area contributed by atoms with Crippen molar-refractivity contribution < 1.29 is 12.8 Å². The molecule has 0 N–H and O–H groups in total.